The second-order valence-electron chi connectivity index (χ2n) is 6.82. The fourth-order valence-electron chi connectivity index (χ4n) is 3.68. The summed E-state index contributed by atoms with van der Waals surface area (Å²) in [6.45, 7) is 9.68. The predicted molar refractivity (Wildman–Crippen MR) is 89.7 cm³/mol. The van der Waals surface area contributed by atoms with Crippen LogP contribution in [0.1, 0.15) is 29.9 Å². The lowest BCUT2D eigenvalue weighted by Gasteiger charge is -2.42. The van der Waals surface area contributed by atoms with Crippen molar-refractivity contribution in [3.05, 3.63) is 17.0 Å². The molecular weight excluding hydrogens is 308 g/mol. The van der Waals surface area contributed by atoms with E-state index in [0.29, 0.717) is 0 Å². The maximum atomic E-state index is 13.0. The summed E-state index contributed by atoms with van der Waals surface area (Å²) >= 11 is 0. The second-order valence-corrected chi connectivity index (χ2v) is 6.82. The van der Waals surface area contributed by atoms with Gasteiger partial charge in [0, 0.05) is 45.4 Å². The molecule has 2 fully saturated rings. The fraction of sp³-hybridized carbons (Fsp3) is 0.765. The molecule has 2 aliphatic rings. The SMILES string of the molecule is COC1(C(=O)N2CCN(Cc3c(C)noc3C)CC2)CCNCC1. The van der Waals surface area contributed by atoms with Crippen LogP contribution >= 0.6 is 0 Å². The van der Waals surface area contributed by atoms with Crippen LogP contribution in [0.4, 0.5) is 0 Å². The highest BCUT2D eigenvalue weighted by Gasteiger charge is 2.43. The topological polar surface area (TPSA) is 70.8 Å². The van der Waals surface area contributed by atoms with E-state index < -0.39 is 5.60 Å². The van der Waals surface area contributed by atoms with Crippen LogP contribution in [0.5, 0.6) is 0 Å². The van der Waals surface area contributed by atoms with E-state index in [-0.39, 0.29) is 5.91 Å². The number of piperazine rings is 1. The lowest BCUT2D eigenvalue weighted by molar-refractivity contribution is -0.160. The summed E-state index contributed by atoms with van der Waals surface area (Å²) in [5.41, 5.74) is 1.50. The van der Waals surface area contributed by atoms with E-state index in [1.165, 1.54) is 5.56 Å². The van der Waals surface area contributed by atoms with Crippen LogP contribution in [-0.2, 0) is 16.1 Å². The van der Waals surface area contributed by atoms with E-state index in [0.717, 1.165) is 70.1 Å². The molecule has 0 spiro atoms. The van der Waals surface area contributed by atoms with Gasteiger partial charge in [0.05, 0.1) is 5.69 Å². The molecule has 1 N–H and O–H groups in total. The normalized spacial score (nSPS) is 21.9. The molecule has 1 aromatic heterocycles. The molecular formula is C17H28N4O3. The van der Waals surface area contributed by atoms with Gasteiger partial charge in [0.1, 0.15) is 11.4 Å². The van der Waals surface area contributed by atoms with Gasteiger partial charge in [-0.15, -0.1) is 0 Å². The Morgan fingerprint density at radius 3 is 2.46 bits per heavy atom. The molecule has 0 saturated carbocycles. The molecule has 1 amide bonds. The third-order valence-corrected chi connectivity index (χ3v) is 5.41. The number of carbonyl (C=O) groups excluding carboxylic acids is 1. The third kappa shape index (κ3) is 3.34. The monoisotopic (exact) mass is 336 g/mol. The zero-order chi connectivity index (χ0) is 17.2. The van der Waals surface area contributed by atoms with Crippen molar-refractivity contribution in [2.75, 3.05) is 46.4 Å². The molecule has 0 atom stereocenters. The number of ether oxygens (including phenoxy) is 1. The lowest BCUT2D eigenvalue weighted by atomic mass is 9.90. The summed E-state index contributed by atoms with van der Waals surface area (Å²) in [7, 11) is 1.66. The number of amides is 1. The molecule has 2 saturated heterocycles. The van der Waals surface area contributed by atoms with Gasteiger partial charge in [0.25, 0.3) is 5.91 Å². The van der Waals surface area contributed by atoms with Crippen LogP contribution in [0.15, 0.2) is 4.52 Å². The first-order valence-electron chi connectivity index (χ1n) is 8.75. The average Bonchev–Trinajstić information content (AvgIpc) is 2.94. The summed E-state index contributed by atoms with van der Waals surface area (Å²) in [5, 5.41) is 7.32. The van der Waals surface area contributed by atoms with Gasteiger partial charge >= 0.3 is 0 Å². The maximum absolute atomic E-state index is 13.0. The number of carbonyl (C=O) groups is 1. The van der Waals surface area contributed by atoms with Crippen molar-refractivity contribution < 1.29 is 14.1 Å². The van der Waals surface area contributed by atoms with E-state index in [4.69, 9.17) is 9.26 Å². The Hall–Kier alpha value is -1.44. The highest BCUT2D eigenvalue weighted by atomic mass is 16.5. The fourth-order valence-corrected chi connectivity index (χ4v) is 3.68. The van der Waals surface area contributed by atoms with E-state index in [1.807, 2.05) is 18.7 Å². The highest BCUT2D eigenvalue weighted by molar-refractivity contribution is 5.85. The first-order valence-corrected chi connectivity index (χ1v) is 8.75. The van der Waals surface area contributed by atoms with Gasteiger partial charge in [0.15, 0.2) is 0 Å². The first-order chi connectivity index (χ1) is 11.6. The van der Waals surface area contributed by atoms with Gasteiger partial charge < -0.3 is 19.5 Å². The molecule has 0 aromatic carbocycles. The van der Waals surface area contributed by atoms with Crippen molar-refractivity contribution in [3.63, 3.8) is 0 Å². The Morgan fingerprint density at radius 1 is 1.25 bits per heavy atom. The first kappa shape index (κ1) is 17.4. The van der Waals surface area contributed by atoms with Crippen LogP contribution in [0.3, 0.4) is 0 Å². The Morgan fingerprint density at radius 2 is 1.92 bits per heavy atom. The van der Waals surface area contributed by atoms with Gasteiger partial charge in [-0.3, -0.25) is 9.69 Å². The van der Waals surface area contributed by atoms with Gasteiger partial charge in [-0.05, 0) is 39.8 Å². The minimum Gasteiger partial charge on any atom is -0.368 e. The second kappa shape index (κ2) is 7.21. The highest BCUT2D eigenvalue weighted by Crippen LogP contribution is 2.26. The molecule has 0 unspecified atom stereocenters. The number of methoxy groups -OCH3 is 1. The third-order valence-electron chi connectivity index (χ3n) is 5.41. The van der Waals surface area contributed by atoms with Crippen molar-refractivity contribution in [1.29, 1.82) is 0 Å². The van der Waals surface area contributed by atoms with Crippen LogP contribution in [0.25, 0.3) is 0 Å². The molecule has 2 aliphatic heterocycles. The van der Waals surface area contributed by atoms with Crippen molar-refractivity contribution >= 4 is 5.91 Å². The van der Waals surface area contributed by atoms with Crippen LogP contribution < -0.4 is 5.32 Å². The minimum absolute atomic E-state index is 0.156. The smallest absolute Gasteiger partial charge is 0.254 e. The number of aryl methyl sites for hydroxylation is 2. The number of rotatable bonds is 4. The largest absolute Gasteiger partial charge is 0.368 e. The van der Waals surface area contributed by atoms with E-state index in [1.54, 1.807) is 7.11 Å². The number of hydrogen-bond acceptors (Lipinski definition) is 6. The molecule has 7 nitrogen and oxygen atoms in total. The van der Waals surface area contributed by atoms with E-state index >= 15 is 0 Å². The molecule has 24 heavy (non-hydrogen) atoms. The molecule has 3 rings (SSSR count). The summed E-state index contributed by atoms with van der Waals surface area (Å²) in [5.74, 6) is 1.04. The number of hydrogen-bond donors (Lipinski definition) is 1. The summed E-state index contributed by atoms with van der Waals surface area (Å²) in [6.07, 6.45) is 1.50. The Bertz CT molecular complexity index is 553. The van der Waals surface area contributed by atoms with E-state index in [2.05, 4.69) is 15.4 Å². The average molecular weight is 336 g/mol. The lowest BCUT2D eigenvalue weighted by Crippen LogP contribution is -2.59. The van der Waals surface area contributed by atoms with Crippen molar-refractivity contribution in [2.45, 2.75) is 38.8 Å². The maximum Gasteiger partial charge on any atom is 0.254 e. The molecule has 0 bridgehead atoms. The quantitative estimate of drug-likeness (QED) is 0.873. The van der Waals surface area contributed by atoms with Gasteiger partial charge in [-0.2, -0.15) is 0 Å². The van der Waals surface area contributed by atoms with Crippen molar-refractivity contribution in [3.8, 4) is 0 Å². The minimum atomic E-state index is -0.630. The standard InChI is InChI=1S/C17H28N4O3/c1-13-15(14(2)24-19-13)12-20-8-10-21(11-9-20)16(22)17(23-3)4-6-18-7-5-17/h18H,4-12H2,1-3H3. The Kier molecular flexibility index (Phi) is 5.22. The summed E-state index contributed by atoms with van der Waals surface area (Å²) in [4.78, 5) is 17.3. The Balaban J connectivity index is 1.57. The van der Waals surface area contributed by atoms with E-state index in [9.17, 15) is 4.79 Å². The molecule has 134 valence electrons. The number of aromatic nitrogens is 1. The molecule has 3 heterocycles. The van der Waals surface area contributed by atoms with Gasteiger partial charge in [-0.1, -0.05) is 5.16 Å². The molecule has 0 aliphatic carbocycles. The number of nitrogens with zero attached hydrogens (tertiary/aromatic N) is 3. The van der Waals surface area contributed by atoms with Gasteiger partial charge in [-0.25, -0.2) is 0 Å². The Labute approximate surface area is 143 Å². The summed E-state index contributed by atoms with van der Waals surface area (Å²) < 4.78 is 10.9. The summed E-state index contributed by atoms with van der Waals surface area (Å²) in [6, 6.07) is 0. The van der Waals surface area contributed by atoms with Crippen LogP contribution in [0, 0.1) is 13.8 Å². The molecule has 0 radical (unpaired) electrons. The van der Waals surface area contributed by atoms with Crippen LogP contribution in [-0.4, -0.2) is 72.8 Å². The predicted octanol–water partition coefficient (Wildman–Crippen LogP) is 0.704. The van der Waals surface area contributed by atoms with Crippen molar-refractivity contribution in [1.82, 2.24) is 20.3 Å². The number of nitrogens with one attached hydrogen (secondary N) is 1. The zero-order valence-corrected chi connectivity index (χ0v) is 14.9. The molecule has 1 aromatic rings. The van der Waals surface area contributed by atoms with Crippen LogP contribution in [0.2, 0.25) is 0 Å². The van der Waals surface area contributed by atoms with Crippen molar-refractivity contribution in [2.24, 2.45) is 0 Å². The zero-order valence-electron chi connectivity index (χ0n) is 14.9. The molecule has 7 heteroatoms. The number of piperidine rings is 1. The van der Waals surface area contributed by atoms with Gasteiger partial charge in [0.2, 0.25) is 0 Å².